The van der Waals surface area contributed by atoms with E-state index in [-0.39, 0.29) is 0 Å². The first-order chi connectivity index (χ1) is 6.06. The van der Waals surface area contributed by atoms with Gasteiger partial charge < -0.3 is 5.73 Å². The topological polar surface area (TPSA) is 49.8 Å². The molecule has 1 rings (SSSR count). The van der Waals surface area contributed by atoms with Crippen LogP contribution in [0.1, 0.15) is 28.3 Å². The lowest BCUT2D eigenvalue weighted by atomic mass is 9.95. The van der Waals surface area contributed by atoms with Crippen LogP contribution in [0, 0.1) is 32.1 Å². The molecule has 0 aliphatic carbocycles. The van der Waals surface area contributed by atoms with Gasteiger partial charge >= 0.3 is 0 Å². The van der Waals surface area contributed by atoms with E-state index in [1.165, 1.54) is 5.56 Å². The fourth-order valence-corrected chi connectivity index (χ4v) is 1.75. The minimum absolute atomic E-state index is 0.499. The number of hydrogen-bond donors (Lipinski definition) is 1. The van der Waals surface area contributed by atoms with Gasteiger partial charge in [-0.15, -0.1) is 0 Å². The highest BCUT2D eigenvalue weighted by Crippen LogP contribution is 2.21. The van der Waals surface area contributed by atoms with Crippen molar-refractivity contribution in [3.63, 3.8) is 0 Å². The van der Waals surface area contributed by atoms with Crippen molar-refractivity contribution in [1.29, 1.82) is 5.26 Å². The molecule has 1 atom stereocenters. The van der Waals surface area contributed by atoms with Crippen molar-refractivity contribution in [2.24, 2.45) is 5.73 Å². The zero-order valence-electron chi connectivity index (χ0n) is 8.26. The molecule has 1 aromatic carbocycles. The number of nitrogens with zero attached hydrogens (tertiary/aromatic N) is 1. The van der Waals surface area contributed by atoms with Crippen LogP contribution in [-0.2, 0) is 0 Å². The highest BCUT2D eigenvalue weighted by molar-refractivity contribution is 5.41. The van der Waals surface area contributed by atoms with E-state index >= 15 is 0 Å². The van der Waals surface area contributed by atoms with Crippen LogP contribution in [0.2, 0.25) is 0 Å². The van der Waals surface area contributed by atoms with Gasteiger partial charge in [-0.3, -0.25) is 0 Å². The van der Waals surface area contributed by atoms with Gasteiger partial charge in [0.1, 0.15) is 6.04 Å². The van der Waals surface area contributed by atoms with Crippen LogP contribution < -0.4 is 5.73 Å². The van der Waals surface area contributed by atoms with Gasteiger partial charge in [0.2, 0.25) is 0 Å². The summed E-state index contributed by atoms with van der Waals surface area (Å²) in [5, 5.41) is 8.73. The Bertz CT molecular complexity index is 338. The molecule has 0 aliphatic rings. The maximum absolute atomic E-state index is 8.73. The lowest BCUT2D eigenvalue weighted by Crippen LogP contribution is -2.11. The number of aryl methyl sites for hydroxylation is 3. The summed E-state index contributed by atoms with van der Waals surface area (Å²) in [5.74, 6) is 0. The molecule has 0 saturated heterocycles. The second-order valence-electron chi connectivity index (χ2n) is 3.42. The zero-order valence-corrected chi connectivity index (χ0v) is 8.26. The summed E-state index contributed by atoms with van der Waals surface area (Å²) in [6, 6.07) is 5.67. The van der Waals surface area contributed by atoms with Crippen LogP contribution in [0.5, 0.6) is 0 Å². The number of benzene rings is 1. The summed E-state index contributed by atoms with van der Waals surface area (Å²) in [4.78, 5) is 0. The van der Waals surface area contributed by atoms with E-state index in [1.54, 1.807) is 0 Å². The summed E-state index contributed by atoms with van der Waals surface area (Å²) in [5.41, 5.74) is 10.1. The third-order valence-electron chi connectivity index (χ3n) is 2.19. The molecule has 0 amide bonds. The fourth-order valence-electron chi connectivity index (χ4n) is 1.75. The molecular formula is C11H14N2. The number of nitriles is 1. The molecule has 0 bridgehead atoms. The van der Waals surface area contributed by atoms with Crippen LogP contribution >= 0.6 is 0 Å². The summed E-state index contributed by atoms with van der Waals surface area (Å²) >= 11 is 0. The van der Waals surface area contributed by atoms with Gasteiger partial charge in [0.25, 0.3) is 0 Å². The standard InChI is InChI=1S/C11H14N2/c1-7-4-8(2)11(9(3)5-7)10(13)6-12/h4-5,10H,13H2,1-3H3. The predicted molar refractivity (Wildman–Crippen MR) is 53.2 cm³/mol. The highest BCUT2D eigenvalue weighted by Gasteiger charge is 2.10. The molecule has 2 heteroatoms. The highest BCUT2D eigenvalue weighted by atomic mass is 14.6. The Hall–Kier alpha value is -1.33. The molecule has 68 valence electrons. The number of nitrogens with two attached hydrogens (primary N) is 1. The van der Waals surface area contributed by atoms with Crippen molar-refractivity contribution >= 4 is 0 Å². The van der Waals surface area contributed by atoms with Gasteiger partial charge in [-0.2, -0.15) is 5.26 Å². The van der Waals surface area contributed by atoms with Gasteiger partial charge in [-0.25, -0.2) is 0 Å². The fraction of sp³-hybridized carbons (Fsp3) is 0.364. The molecule has 0 saturated carbocycles. The second kappa shape index (κ2) is 3.59. The number of hydrogen-bond acceptors (Lipinski definition) is 2. The van der Waals surface area contributed by atoms with Gasteiger partial charge in [0, 0.05) is 0 Å². The van der Waals surface area contributed by atoms with Gasteiger partial charge in [0.15, 0.2) is 0 Å². The first kappa shape index (κ1) is 9.76. The monoisotopic (exact) mass is 174 g/mol. The summed E-state index contributed by atoms with van der Waals surface area (Å²) in [6.45, 7) is 6.03. The lowest BCUT2D eigenvalue weighted by molar-refractivity contribution is 0.900. The van der Waals surface area contributed by atoms with Crippen molar-refractivity contribution in [1.82, 2.24) is 0 Å². The SMILES string of the molecule is Cc1cc(C)c(C(N)C#N)c(C)c1. The van der Waals surface area contributed by atoms with Gasteiger partial charge in [0.05, 0.1) is 6.07 Å². The lowest BCUT2D eigenvalue weighted by Gasteiger charge is -2.12. The van der Waals surface area contributed by atoms with E-state index in [2.05, 4.69) is 18.2 Å². The van der Waals surface area contributed by atoms with Crippen LogP contribution in [0.15, 0.2) is 12.1 Å². The Morgan fingerprint density at radius 1 is 1.23 bits per heavy atom. The van der Waals surface area contributed by atoms with Crippen molar-refractivity contribution in [3.05, 3.63) is 34.4 Å². The minimum Gasteiger partial charge on any atom is -0.312 e. The molecule has 0 aliphatic heterocycles. The van der Waals surface area contributed by atoms with E-state index in [0.29, 0.717) is 0 Å². The van der Waals surface area contributed by atoms with E-state index < -0.39 is 6.04 Å². The number of rotatable bonds is 1. The average Bonchev–Trinajstić information content (AvgIpc) is 2.02. The Morgan fingerprint density at radius 3 is 2.08 bits per heavy atom. The maximum Gasteiger partial charge on any atom is 0.119 e. The van der Waals surface area contributed by atoms with Crippen LogP contribution in [0.25, 0.3) is 0 Å². The third-order valence-corrected chi connectivity index (χ3v) is 2.19. The molecule has 1 aromatic rings. The molecule has 1 unspecified atom stereocenters. The maximum atomic E-state index is 8.73. The van der Waals surface area contributed by atoms with Crippen LogP contribution in [0.3, 0.4) is 0 Å². The van der Waals surface area contributed by atoms with Crippen molar-refractivity contribution in [2.45, 2.75) is 26.8 Å². The van der Waals surface area contributed by atoms with E-state index in [4.69, 9.17) is 11.0 Å². The smallest absolute Gasteiger partial charge is 0.119 e. The quantitative estimate of drug-likeness (QED) is 0.709. The van der Waals surface area contributed by atoms with Crippen molar-refractivity contribution < 1.29 is 0 Å². The largest absolute Gasteiger partial charge is 0.312 e. The molecule has 0 aromatic heterocycles. The summed E-state index contributed by atoms with van der Waals surface area (Å²) in [7, 11) is 0. The predicted octanol–water partition coefficient (Wildman–Crippen LogP) is 2.14. The Balaban J connectivity index is 3.30. The Labute approximate surface area is 79.0 Å². The molecular weight excluding hydrogens is 160 g/mol. The summed E-state index contributed by atoms with van der Waals surface area (Å²) in [6.07, 6.45) is 0. The zero-order chi connectivity index (χ0) is 10.0. The van der Waals surface area contributed by atoms with E-state index in [0.717, 1.165) is 16.7 Å². The average molecular weight is 174 g/mol. The molecule has 0 heterocycles. The molecule has 0 radical (unpaired) electrons. The first-order valence-corrected chi connectivity index (χ1v) is 4.29. The molecule has 0 spiro atoms. The van der Waals surface area contributed by atoms with Crippen LogP contribution in [-0.4, -0.2) is 0 Å². The summed E-state index contributed by atoms with van der Waals surface area (Å²) < 4.78 is 0. The van der Waals surface area contributed by atoms with E-state index in [1.807, 2.05) is 20.8 Å². The molecule has 2 N–H and O–H groups in total. The first-order valence-electron chi connectivity index (χ1n) is 4.29. The Morgan fingerprint density at radius 2 is 1.69 bits per heavy atom. The van der Waals surface area contributed by atoms with Gasteiger partial charge in [-0.05, 0) is 37.5 Å². The Kier molecular flexibility index (Phi) is 2.69. The second-order valence-corrected chi connectivity index (χ2v) is 3.42. The van der Waals surface area contributed by atoms with E-state index in [9.17, 15) is 0 Å². The minimum atomic E-state index is -0.499. The normalized spacial score (nSPS) is 12.2. The van der Waals surface area contributed by atoms with Gasteiger partial charge in [-0.1, -0.05) is 17.7 Å². The van der Waals surface area contributed by atoms with Crippen molar-refractivity contribution in [2.75, 3.05) is 0 Å². The molecule has 2 nitrogen and oxygen atoms in total. The van der Waals surface area contributed by atoms with Crippen molar-refractivity contribution in [3.8, 4) is 6.07 Å². The molecule has 0 fully saturated rings. The molecule has 13 heavy (non-hydrogen) atoms. The third kappa shape index (κ3) is 1.88. The van der Waals surface area contributed by atoms with Crippen LogP contribution in [0.4, 0.5) is 0 Å².